The SMILES string of the molecule is Nc1nc(=O)n([C@H]2O[C@@H](CO)C[C@@H]2F)cc1Cl. The zero-order valence-electron chi connectivity index (χ0n) is 8.72. The van der Waals surface area contributed by atoms with Gasteiger partial charge in [-0.2, -0.15) is 4.98 Å². The van der Waals surface area contributed by atoms with Crippen LogP contribution >= 0.6 is 11.6 Å². The minimum absolute atomic E-state index is 0.0234. The Balaban J connectivity index is 2.35. The Morgan fingerprint density at radius 2 is 2.47 bits per heavy atom. The van der Waals surface area contributed by atoms with Gasteiger partial charge in [-0.05, 0) is 0 Å². The van der Waals surface area contributed by atoms with Crippen molar-refractivity contribution >= 4 is 17.4 Å². The summed E-state index contributed by atoms with van der Waals surface area (Å²) in [6, 6.07) is 0. The van der Waals surface area contributed by atoms with E-state index in [1.165, 1.54) is 6.20 Å². The number of nitrogen functional groups attached to an aromatic ring is 1. The predicted molar refractivity (Wildman–Crippen MR) is 58.4 cm³/mol. The summed E-state index contributed by atoms with van der Waals surface area (Å²) in [4.78, 5) is 15.0. The van der Waals surface area contributed by atoms with Gasteiger partial charge in [-0.1, -0.05) is 11.6 Å². The molecule has 0 spiro atoms. The molecule has 1 saturated heterocycles. The lowest BCUT2D eigenvalue weighted by atomic mass is 10.2. The standard InChI is InChI=1S/C9H11ClFN3O3/c10-5-2-14(9(16)13-7(5)12)8-6(11)1-4(3-15)17-8/h2,4,6,8,15H,1,3H2,(H2,12,13,16)/t4-,6+,8+/m1/s1. The van der Waals surface area contributed by atoms with Gasteiger partial charge in [0, 0.05) is 12.6 Å². The van der Waals surface area contributed by atoms with E-state index in [0.717, 1.165) is 4.57 Å². The van der Waals surface area contributed by atoms with Crippen molar-refractivity contribution in [2.75, 3.05) is 12.3 Å². The highest BCUT2D eigenvalue weighted by molar-refractivity contribution is 6.32. The van der Waals surface area contributed by atoms with Gasteiger partial charge < -0.3 is 15.6 Å². The van der Waals surface area contributed by atoms with Crippen molar-refractivity contribution in [2.45, 2.75) is 24.9 Å². The van der Waals surface area contributed by atoms with Gasteiger partial charge in [-0.15, -0.1) is 0 Å². The molecule has 94 valence electrons. The van der Waals surface area contributed by atoms with Gasteiger partial charge in [0.15, 0.2) is 6.23 Å². The van der Waals surface area contributed by atoms with Crippen LogP contribution in [0.25, 0.3) is 0 Å². The van der Waals surface area contributed by atoms with Crippen LogP contribution in [0.15, 0.2) is 11.0 Å². The van der Waals surface area contributed by atoms with Crippen LogP contribution in [0.4, 0.5) is 10.2 Å². The summed E-state index contributed by atoms with van der Waals surface area (Å²) in [5.41, 5.74) is 4.61. The van der Waals surface area contributed by atoms with E-state index in [2.05, 4.69) is 4.98 Å². The molecule has 1 aliphatic heterocycles. The molecule has 2 rings (SSSR count). The zero-order valence-corrected chi connectivity index (χ0v) is 9.47. The van der Waals surface area contributed by atoms with Crippen molar-refractivity contribution in [3.8, 4) is 0 Å². The van der Waals surface area contributed by atoms with Crippen LogP contribution in [0, 0.1) is 0 Å². The van der Waals surface area contributed by atoms with Gasteiger partial charge in [-0.3, -0.25) is 4.57 Å². The average molecular weight is 264 g/mol. The van der Waals surface area contributed by atoms with Crippen LogP contribution < -0.4 is 11.4 Å². The monoisotopic (exact) mass is 263 g/mol. The van der Waals surface area contributed by atoms with E-state index in [4.69, 9.17) is 27.2 Å². The molecule has 1 fully saturated rings. The molecule has 1 aliphatic rings. The number of halogens is 2. The van der Waals surface area contributed by atoms with Crippen LogP contribution in [-0.4, -0.2) is 33.5 Å². The molecule has 1 aromatic heterocycles. The van der Waals surface area contributed by atoms with Gasteiger partial charge in [-0.25, -0.2) is 9.18 Å². The van der Waals surface area contributed by atoms with Crippen molar-refractivity contribution in [1.29, 1.82) is 0 Å². The summed E-state index contributed by atoms with van der Waals surface area (Å²) in [6.07, 6.45) is -1.94. The lowest BCUT2D eigenvalue weighted by molar-refractivity contribution is -0.0393. The molecular weight excluding hydrogens is 253 g/mol. The largest absolute Gasteiger partial charge is 0.394 e. The molecule has 17 heavy (non-hydrogen) atoms. The summed E-state index contributed by atoms with van der Waals surface area (Å²) in [5.74, 6) is -0.111. The van der Waals surface area contributed by atoms with Gasteiger partial charge >= 0.3 is 5.69 Å². The molecule has 8 heteroatoms. The summed E-state index contributed by atoms with van der Waals surface area (Å²) in [5, 5.41) is 8.92. The van der Waals surface area contributed by atoms with Gasteiger partial charge in [0.05, 0.1) is 17.7 Å². The molecule has 3 N–H and O–H groups in total. The van der Waals surface area contributed by atoms with Crippen molar-refractivity contribution in [2.24, 2.45) is 0 Å². The number of nitrogens with zero attached hydrogens (tertiary/aromatic N) is 2. The minimum atomic E-state index is -1.40. The molecule has 3 atom stereocenters. The first-order valence-corrected chi connectivity index (χ1v) is 5.35. The number of hydrogen-bond donors (Lipinski definition) is 2. The topological polar surface area (TPSA) is 90.4 Å². The molecule has 1 aromatic rings. The molecule has 0 radical (unpaired) electrons. The van der Waals surface area contributed by atoms with E-state index in [1.807, 2.05) is 0 Å². The molecule has 0 amide bonds. The van der Waals surface area contributed by atoms with E-state index in [1.54, 1.807) is 0 Å². The number of anilines is 1. The first-order chi connectivity index (χ1) is 8.02. The van der Waals surface area contributed by atoms with E-state index in [-0.39, 0.29) is 23.9 Å². The second-order valence-electron chi connectivity index (χ2n) is 3.75. The number of alkyl halides is 1. The number of aliphatic hydroxyl groups is 1. The molecule has 0 unspecified atom stereocenters. The maximum atomic E-state index is 13.6. The first kappa shape index (κ1) is 12.3. The van der Waals surface area contributed by atoms with E-state index >= 15 is 0 Å². The van der Waals surface area contributed by atoms with Crippen LogP contribution in [0.5, 0.6) is 0 Å². The van der Waals surface area contributed by atoms with E-state index < -0.39 is 24.2 Å². The number of aliphatic hydroxyl groups excluding tert-OH is 1. The van der Waals surface area contributed by atoms with E-state index in [0.29, 0.717) is 0 Å². The fourth-order valence-corrected chi connectivity index (χ4v) is 1.85. The Morgan fingerprint density at radius 1 is 1.76 bits per heavy atom. The molecule has 0 saturated carbocycles. The third-order valence-corrected chi connectivity index (χ3v) is 2.83. The molecule has 0 bridgehead atoms. The molecule has 0 aliphatic carbocycles. The van der Waals surface area contributed by atoms with Gasteiger partial charge in [0.25, 0.3) is 0 Å². The molecule has 0 aromatic carbocycles. The second-order valence-corrected chi connectivity index (χ2v) is 4.15. The zero-order chi connectivity index (χ0) is 12.6. The first-order valence-electron chi connectivity index (χ1n) is 4.97. The number of ether oxygens (including phenoxy) is 1. The predicted octanol–water partition coefficient (Wildman–Crippen LogP) is 0.0968. The quantitative estimate of drug-likeness (QED) is 0.790. The summed E-state index contributed by atoms with van der Waals surface area (Å²) >= 11 is 5.71. The lowest BCUT2D eigenvalue weighted by Crippen LogP contribution is -2.31. The Bertz CT molecular complexity index is 481. The maximum Gasteiger partial charge on any atom is 0.351 e. The third kappa shape index (κ3) is 2.26. The summed E-state index contributed by atoms with van der Waals surface area (Å²) < 4.78 is 19.8. The molecule has 6 nitrogen and oxygen atoms in total. The molecular formula is C9H11ClFN3O3. The normalized spacial score (nSPS) is 28.5. The van der Waals surface area contributed by atoms with Crippen molar-refractivity contribution in [3.63, 3.8) is 0 Å². The Hall–Kier alpha value is -1.18. The fraction of sp³-hybridized carbons (Fsp3) is 0.556. The highest BCUT2D eigenvalue weighted by Crippen LogP contribution is 2.30. The van der Waals surface area contributed by atoms with Crippen LogP contribution in [0.3, 0.4) is 0 Å². The summed E-state index contributed by atoms with van der Waals surface area (Å²) in [6.45, 7) is -0.304. The average Bonchev–Trinajstić information content (AvgIpc) is 2.65. The lowest BCUT2D eigenvalue weighted by Gasteiger charge is -2.16. The number of nitrogens with two attached hydrogens (primary N) is 1. The number of aromatic nitrogens is 2. The smallest absolute Gasteiger partial charge is 0.351 e. The second kappa shape index (κ2) is 4.59. The van der Waals surface area contributed by atoms with E-state index in [9.17, 15) is 9.18 Å². The molecule has 2 heterocycles. The fourth-order valence-electron chi connectivity index (χ4n) is 1.70. The van der Waals surface area contributed by atoms with Gasteiger partial charge in [0.1, 0.15) is 12.0 Å². The Kier molecular flexibility index (Phi) is 3.32. The van der Waals surface area contributed by atoms with Crippen molar-refractivity contribution in [1.82, 2.24) is 9.55 Å². The summed E-state index contributed by atoms with van der Waals surface area (Å²) in [7, 11) is 0. The maximum absolute atomic E-state index is 13.6. The van der Waals surface area contributed by atoms with Crippen LogP contribution in [-0.2, 0) is 4.74 Å². The third-order valence-electron chi connectivity index (χ3n) is 2.54. The number of hydrogen-bond acceptors (Lipinski definition) is 5. The Morgan fingerprint density at radius 3 is 3.06 bits per heavy atom. The van der Waals surface area contributed by atoms with Gasteiger partial charge in [0.2, 0.25) is 0 Å². The highest BCUT2D eigenvalue weighted by atomic mass is 35.5. The van der Waals surface area contributed by atoms with Crippen molar-refractivity contribution < 1.29 is 14.2 Å². The van der Waals surface area contributed by atoms with Crippen LogP contribution in [0.1, 0.15) is 12.6 Å². The van der Waals surface area contributed by atoms with Crippen LogP contribution in [0.2, 0.25) is 5.02 Å². The highest BCUT2D eigenvalue weighted by Gasteiger charge is 2.37. The number of rotatable bonds is 2. The minimum Gasteiger partial charge on any atom is -0.394 e. The van der Waals surface area contributed by atoms with Crippen molar-refractivity contribution in [3.05, 3.63) is 21.7 Å². The Labute approximate surface area is 101 Å².